The van der Waals surface area contributed by atoms with Gasteiger partial charge in [-0.2, -0.15) is 0 Å². The molecule has 1 aromatic heterocycles. The van der Waals surface area contributed by atoms with E-state index in [0.29, 0.717) is 27.0 Å². The van der Waals surface area contributed by atoms with E-state index >= 15 is 0 Å². The third kappa shape index (κ3) is 1.60. The van der Waals surface area contributed by atoms with Crippen LogP contribution in [0.4, 0.5) is 9.36 Å². The molecule has 1 aliphatic heterocycles. The Bertz CT molecular complexity index is 321. The van der Waals surface area contributed by atoms with Crippen molar-refractivity contribution in [1.29, 1.82) is 0 Å². The number of carbonyl (C=O) groups is 1. The molecule has 4 heteroatoms. The number of anilines is 1. The van der Waals surface area contributed by atoms with Crippen molar-refractivity contribution in [3.8, 4) is 0 Å². The van der Waals surface area contributed by atoms with Gasteiger partial charge in [-0.1, -0.05) is 0 Å². The molecule has 0 bridgehead atoms. The monoisotopic (exact) mass is 259 g/mol. The van der Waals surface area contributed by atoms with Crippen molar-refractivity contribution < 1.29 is 9.53 Å². The average molecular weight is 258 g/mol. The van der Waals surface area contributed by atoms with Gasteiger partial charge < -0.3 is 0 Å². The van der Waals surface area contributed by atoms with E-state index in [1.54, 1.807) is 0 Å². The zero-order valence-corrected chi connectivity index (χ0v) is 9.98. The van der Waals surface area contributed by atoms with Gasteiger partial charge in [-0.05, 0) is 0 Å². The molecule has 1 amide bonds. The van der Waals surface area contributed by atoms with Crippen molar-refractivity contribution in [2.45, 2.75) is 19.9 Å². The zero-order valence-electron chi connectivity index (χ0n) is 8.27. The van der Waals surface area contributed by atoms with Gasteiger partial charge in [0.15, 0.2) is 0 Å². The molecule has 0 aromatic carbocycles. The normalized spacial score (nSPS) is 21.8. The SMILES string of the molecule is CC(C)[C@H]1COC(=O)N1c1ccc[se]1. The number of carbonyl (C=O) groups excluding carboxylic acids is 1. The Morgan fingerprint density at radius 1 is 1.64 bits per heavy atom. The fourth-order valence-corrected chi connectivity index (χ4v) is 3.22. The van der Waals surface area contributed by atoms with Crippen LogP contribution in [0.25, 0.3) is 0 Å². The molecule has 1 saturated heterocycles. The summed E-state index contributed by atoms with van der Waals surface area (Å²) < 4.78 is 6.20. The van der Waals surface area contributed by atoms with Crippen molar-refractivity contribution in [2.75, 3.05) is 11.5 Å². The number of hydrogen-bond acceptors (Lipinski definition) is 2. The first-order valence-corrected chi connectivity index (χ1v) is 6.54. The molecule has 1 fully saturated rings. The summed E-state index contributed by atoms with van der Waals surface area (Å²) in [6.45, 7) is 4.77. The standard InChI is InChI=1S/C10H13NO2Se/c1-7(2)8-6-13-10(12)11(8)9-4-3-5-14-9/h3-5,7-8H,6H2,1-2H3/t8-/m1/s1. The van der Waals surface area contributed by atoms with Crippen LogP contribution in [0.15, 0.2) is 17.1 Å². The first kappa shape index (κ1) is 9.81. The number of ether oxygens (including phenoxy) is 1. The van der Waals surface area contributed by atoms with Crippen LogP contribution < -0.4 is 4.90 Å². The Morgan fingerprint density at radius 2 is 2.43 bits per heavy atom. The Balaban J connectivity index is 2.26. The Kier molecular flexibility index (Phi) is 2.66. The van der Waals surface area contributed by atoms with Crippen LogP contribution >= 0.6 is 0 Å². The molecule has 1 aliphatic rings. The van der Waals surface area contributed by atoms with Crippen LogP contribution in [0, 0.1) is 5.92 Å². The first-order valence-electron chi connectivity index (χ1n) is 4.69. The van der Waals surface area contributed by atoms with Crippen molar-refractivity contribution in [1.82, 2.24) is 0 Å². The summed E-state index contributed by atoms with van der Waals surface area (Å²) >= 11 is 0.302. The average Bonchev–Trinajstić information content (AvgIpc) is 2.71. The van der Waals surface area contributed by atoms with E-state index in [1.165, 1.54) is 0 Å². The van der Waals surface area contributed by atoms with E-state index < -0.39 is 0 Å². The zero-order chi connectivity index (χ0) is 10.1. The molecule has 0 N–H and O–H groups in total. The molecule has 14 heavy (non-hydrogen) atoms. The van der Waals surface area contributed by atoms with E-state index in [2.05, 4.69) is 18.8 Å². The number of rotatable bonds is 2. The van der Waals surface area contributed by atoms with Gasteiger partial charge in [-0.25, -0.2) is 0 Å². The molecular weight excluding hydrogens is 245 g/mol. The van der Waals surface area contributed by atoms with Gasteiger partial charge in [-0.15, -0.1) is 0 Å². The summed E-state index contributed by atoms with van der Waals surface area (Å²) in [6.07, 6.45) is -0.180. The Hall–Kier alpha value is -0.731. The van der Waals surface area contributed by atoms with Crippen LogP contribution in [-0.4, -0.2) is 33.2 Å². The minimum atomic E-state index is -0.180. The topological polar surface area (TPSA) is 29.5 Å². The maximum atomic E-state index is 11.5. The molecule has 2 heterocycles. The summed E-state index contributed by atoms with van der Waals surface area (Å²) in [6, 6.07) is 4.25. The molecule has 76 valence electrons. The summed E-state index contributed by atoms with van der Waals surface area (Å²) in [5.41, 5.74) is 0. The molecule has 2 rings (SSSR count). The summed E-state index contributed by atoms with van der Waals surface area (Å²) in [4.78, 5) is 15.5. The summed E-state index contributed by atoms with van der Waals surface area (Å²) in [5.74, 6) is 0.443. The van der Waals surface area contributed by atoms with Gasteiger partial charge in [-0.3, -0.25) is 0 Å². The molecular formula is C10H13NO2Se. The second kappa shape index (κ2) is 3.79. The Morgan fingerprint density at radius 3 is 3.00 bits per heavy atom. The van der Waals surface area contributed by atoms with Crippen LogP contribution in [0.2, 0.25) is 0 Å². The third-order valence-electron chi connectivity index (χ3n) is 2.42. The summed E-state index contributed by atoms with van der Waals surface area (Å²) in [7, 11) is 0. The van der Waals surface area contributed by atoms with Crippen molar-refractivity contribution in [3.05, 3.63) is 17.1 Å². The molecule has 0 saturated carbocycles. The predicted octanol–water partition coefficient (Wildman–Crippen LogP) is 1.72. The molecule has 0 unspecified atom stereocenters. The molecule has 1 aromatic rings. The number of amides is 1. The van der Waals surface area contributed by atoms with Crippen molar-refractivity contribution in [2.24, 2.45) is 5.92 Å². The van der Waals surface area contributed by atoms with Gasteiger partial charge in [0.05, 0.1) is 0 Å². The second-order valence-electron chi connectivity index (χ2n) is 3.71. The van der Waals surface area contributed by atoms with E-state index in [-0.39, 0.29) is 12.1 Å². The van der Waals surface area contributed by atoms with Gasteiger partial charge >= 0.3 is 89.1 Å². The minimum absolute atomic E-state index is 0.180. The van der Waals surface area contributed by atoms with Gasteiger partial charge in [0.25, 0.3) is 0 Å². The number of nitrogens with zero attached hydrogens (tertiary/aromatic N) is 1. The van der Waals surface area contributed by atoms with E-state index in [4.69, 9.17) is 4.74 Å². The number of cyclic esters (lactones) is 1. The van der Waals surface area contributed by atoms with E-state index in [1.807, 2.05) is 17.0 Å². The fourth-order valence-electron chi connectivity index (χ4n) is 1.59. The third-order valence-corrected chi connectivity index (χ3v) is 4.24. The molecule has 0 aliphatic carbocycles. The van der Waals surface area contributed by atoms with E-state index in [0.717, 1.165) is 4.56 Å². The van der Waals surface area contributed by atoms with Crippen LogP contribution in [0.5, 0.6) is 0 Å². The first-order chi connectivity index (χ1) is 6.70. The van der Waals surface area contributed by atoms with E-state index in [9.17, 15) is 4.79 Å². The molecule has 1 atom stereocenters. The quantitative estimate of drug-likeness (QED) is 0.756. The second-order valence-corrected chi connectivity index (χ2v) is 5.65. The number of hydrogen-bond donors (Lipinski definition) is 0. The summed E-state index contributed by atoms with van der Waals surface area (Å²) in [5, 5.41) is 0. The predicted molar refractivity (Wildman–Crippen MR) is 55.8 cm³/mol. The van der Waals surface area contributed by atoms with Crippen LogP contribution in [0.1, 0.15) is 13.8 Å². The molecule has 0 radical (unpaired) electrons. The van der Waals surface area contributed by atoms with Gasteiger partial charge in [0, 0.05) is 0 Å². The Labute approximate surface area is 89.4 Å². The van der Waals surface area contributed by atoms with Gasteiger partial charge in [0.2, 0.25) is 0 Å². The van der Waals surface area contributed by atoms with Crippen LogP contribution in [0.3, 0.4) is 0 Å². The fraction of sp³-hybridized carbons (Fsp3) is 0.500. The van der Waals surface area contributed by atoms with Crippen molar-refractivity contribution in [3.63, 3.8) is 0 Å². The molecule has 0 spiro atoms. The van der Waals surface area contributed by atoms with Gasteiger partial charge in [0.1, 0.15) is 0 Å². The van der Waals surface area contributed by atoms with Crippen LogP contribution in [-0.2, 0) is 4.74 Å². The molecule has 3 nitrogen and oxygen atoms in total. The van der Waals surface area contributed by atoms with Crippen molar-refractivity contribution >= 4 is 25.2 Å². The maximum absolute atomic E-state index is 11.5.